The van der Waals surface area contributed by atoms with Gasteiger partial charge in [-0.1, -0.05) is 12.1 Å². The SMILES string of the molecule is FC(F)(F)c1cccc(CNc2ccc(Br)cn2)c1. The van der Waals surface area contributed by atoms with E-state index in [1.54, 1.807) is 18.3 Å². The molecule has 6 heteroatoms. The zero-order chi connectivity index (χ0) is 13.9. The Kier molecular flexibility index (Phi) is 4.09. The second-order valence-corrected chi connectivity index (χ2v) is 4.83. The Morgan fingerprint density at radius 1 is 1.16 bits per heavy atom. The van der Waals surface area contributed by atoms with Crippen LogP contribution in [0.4, 0.5) is 19.0 Å². The number of benzene rings is 1. The summed E-state index contributed by atoms with van der Waals surface area (Å²) in [4.78, 5) is 4.08. The molecule has 0 bridgehead atoms. The fourth-order valence-corrected chi connectivity index (χ4v) is 1.77. The monoisotopic (exact) mass is 330 g/mol. The molecule has 0 saturated carbocycles. The molecule has 2 rings (SSSR count). The number of pyridine rings is 1. The van der Waals surface area contributed by atoms with Gasteiger partial charge in [0, 0.05) is 17.2 Å². The number of alkyl halides is 3. The second kappa shape index (κ2) is 5.61. The van der Waals surface area contributed by atoms with Crippen LogP contribution in [0.25, 0.3) is 0 Å². The number of nitrogens with zero attached hydrogens (tertiary/aromatic N) is 1. The van der Waals surface area contributed by atoms with Crippen molar-refractivity contribution < 1.29 is 13.2 Å². The van der Waals surface area contributed by atoms with Crippen LogP contribution in [0.1, 0.15) is 11.1 Å². The molecule has 1 aromatic heterocycles. The van der Waals surface area contributed by atoms with Crippen LogP contribution in [0.3, 0.4) is 0 Å². The Morgan fingerprint density at radius 3 is 2.58 bits per heavy atom. The Morgan fingerprint density at radius 2 is 1.95 bits per heavy atom. The molecule has 1 N–H and O–H groups in total. The van der Waals surface area contributed by atoms with Gasteiger partial charge in [0.1, 0.15) is 5.82 Å². The van der Waals surface area contributed by atoms with E-state index in [4.69, 9.17) is 0 Å². The van der Waals surface area contributed by atoms with Gasteiger partial charge >= 0.3 is 6.18 Å². The highest BCUT2D eigenvalue weighted by Crippen LogP contribution is 2.29. The minimum atomic E-state index is -4.31. The van der Waals surface area contributed by atoms with E-state index in [0.717, 1.165) is 16.6 Å². The minimum Gasteiger partial charge on any atom is -0.366 e. The van der Waals surface area contributed by atoms with Gasteiger partial charge in [0.25, 0.3) is 0 Å². The standard InChI is InChI=1S/C13H10BrF3N2/c14-11-4-5-12(19-8-11)18-7-9-2-1-3-10(6-9)13(15,16)17/h1-6,8H,7H2,(H,18,19). The van der Waals surface area contributed by atoms with Crippen LogP contribution in [0.15, 0.2) is 47.1 Å². The van der Waals surface area contributed by atoms with Crippen molar-refractivity contribution >= 4 is 21.7 Å². The maximum atomic E-state index is 12.5. The van der Waals surface area contributed by atoms with E-state index >= 15 is 0 Å². The molecule has 2 aromatic rings. The van der Waals surface area contributed by atoms with Crippen LogP contribution < -0.4 is 5.32 Å². The van der Waals surface area contributed by atoms with Crippen molar-refractivity contribution in [2.45, 2.75) is 12.7 Å². The average molecular weight is 331 g/mol. The molecule has 0 atom stereocenters. The third-order valence-electron chi connectivity index (χ3n) is 2.46. The fourth-order valence-electron chi connectivity index (χ4n) is 1.53. The highest BCUT2D eigenvalue weighted by Gasteiger charge is 2.30. The van der Waals surface area contributed by atoms with Gasteiger partial charge in [0.05, 0.1) is 5.56 Å². The predicted molar refractivity (Wildman–Crippen MR) is 70.7 cm³/mol. The summed E-state index contributed by atoms with van der Waals surface area (Å²) < 4.78 is 38.5. The molecular formula is C13H10BrF3N2. The van der Waals surface area contributed by atoms with Crippen molar-refractivity contribution in [3.63, 3.8) is 0 Å². The molecule has 100 valence electrons. The average Bonchev–Trinajstić information content (AvgIpc) is 2.37. The smallest absolute Gasteiger partial charge is 0.366 e. The summed E-state index contributed by atoms with van der Waals surface area (Å²) in [5.74, 6) is 0.612. The first-order chi connectivity index (χ1) is 8.95. The second-order valence-electron chi connectivity index (χ2n) is 3.91. The van der Waals surface area contributed by atoms with Crippen molar-refractivity contribution in [2.24, 2.45) is 0 Å². The van der Waals surface area contributed by atoms with Gasteiger partial charge in [-0.15, -0.1) is 0 Å². The van der Waals surface area contributed by atoms with Crippen LogP contribution in [0.2, 0.25) is 0 Å². The summed E-state index contributed by atoms with van der Waals surface area (Å²) >= 11 is 3.26. The maximum Gasteiger partial charge on any atom is 0.416 e. The normalized spacial score (nSPS) is 11.4. The predicted octanol–water partition coefficient (Wildman–Crippen LogP) is 4.48. The van der Waals surface area contributed by atoms with Gasteiger partial charge in [-0.25, -0.2) is 4.98 Å². The first kappa shape index (κ1) is 13.9. The Labute approximate surface area is 116 Å². The fraction of sp³-hybridized carbons (Fsp3) is 0.154. The van der Waals surface area contributed by atoms with Gasteiger partial charge in [-0.05, 0) is 45.8 Å². The largest absolute Gasteiger partial charge is 0.416 e. The van der Waals surface area contributed by atoms with Crippen LogP contribution in [0.5, 0.6) is 0 Å². The Bertz CT molecular complexity index is 553. The molecule has 0 unspecified atom stereocenters. The van der Waals surface area contributed by atoms with Gasteiger partial charge < -0.3 is 5.32 Å². The number of hydrogen-bond donors (Lipinski definition) is 1. The molecule has 2 nitrogen and oxygen atoms in total. The van der Waals surface area contributed by atoms with E-state index in [9.17, 15) is 13.2 Å². The summed E-state index contributed by atoms with van der Waals surface area (Å²) in [6, 6.07) is 8.78. The van der Waals surface area contributed by atoms with Gasteiger partial charge in [0.15, 0.2) is 0 Å². The molecular weight excluding hydrogens is 321 g/mol. The molecule has 0 radical (unpaired) electrons. The molecule has 0 aliphatic carbocycles. The summed E-state index contributed by atoms with van der Waals surface area (Å²) in [6.07, 6.45) is -2.69. The molecule has 19 heavy (non-hydrogen) atoms. The number of halogens is 4. The lowest BCUT2D eigenvalue weighted by Gasteiger charge is -2.09. The van der Waals surface area contributed by atoms with E-state index in [1.165, 1.54) is 6.07 Å². The molecule has 0 saturated heterocycles. The summed E-state index contributed by atoms with van der Waals surface area (Å²) in [5, 5.41) is 2.97. The maximum absolute atomic E-state index is 12.5. The van der Waals surface area contributed by atoms with Crippen LogP contribution in [-0.2, 0) is 12.7 Å². The summed E-state index contributed by atoms with van der Waals surface area (Å²) in [7, 11) is 0. The third kappa shape index (κ3) is 3.96. The van der Waals surface area contributed by atoms with E-state index < -0.39 is 11.7 Å². The van der Waals surface area contributed by atoms with Crippen molar-refractivity contribution in [3.8, 4) is 0 Å². The van der Waals surface area contributed by atoms with Crippen molar-refractivity contribution in [1.29, 1.82) is 0 Å². The lowest BCUT2D eigenvalue weighted by atomic mass is 10.1. The zero-order valence-electron chi connectivity index (χ0n) is 9.71. The third-order valence-corrected chi connectivity index (χ3v) is 2.92. The number of nitrogens with one attached hydrogen (secondary N) is 1. The highest BCUT2D eigenvalue weighted by atomic mass is 79.9. The first-order valence-corrected chi connectivity index (χ1v) is 6.26. The highest BCUT2D eigenvalue weighted by molar-refractivity contribution is 9.10. The van der Waals surface area contributed by atoms with E-state index in [-0.39, 0.29) is 0 Å². The molecule has 0 spiro atoms. The first-order valence-electron chi connectivity index (χ1n) is 5.47. The van der Waals surface area contributed by atoms with Gasteiger partial charge in [-0.3, -0.25) is 0 Å². The van der Waals surface area contributed by atoms with Crippen LogP contribution in [-0.4, -0.2) is 4.98 Å². The Balaban J connectivity index is 2.05. The lowest BCUT2D eigenvalue weighted by Crippen LogP contribution is -2.07. The lowest BCUT2D eigenvalue weighted by molar-refractivity contribution is -0.137. The molecule has 0 fully saturated rings. The number of anilines is 1. The Hall–Kier alpha value is -1.56. The molecule has 0 amide bonds. The quantitative estimate of drug-likeness (QED) is 0.897. The molecule has 1 aromatic carbocycles. The number of rotatable bonds is 3. The topological polar surface area (TPSA) is 24.9 Å². The molecule has 1 heterocycles. The molecule has 0 aliphatic heterocycles. The zero-order valence-corrected chi connectivity index (χ0v) is 11.3. The van der Waals surface area contributed by atoms with E-state index in [2.05, 4.69) is 26.2 Å². The van der Waals surface area contributed by atoms with Gasteiger partial charge in [0.2, 0.25) is 0 Å². The molecule has 0 aliphatic rings. The summed E-state index contributed by atoms with van der Waals surface area (Å²) in [5.41, 5.74) is -0.0879. The van der Waals surface area contributed by atoms with Crippen molar-refractivity contribution in [2.75, 3.05) is 5.32 Å². The van der Waals surface area contributed by atoms with Gasteiger partial charge in [-0.2, -0.15) is 13.2 Å². The van der Waals surface area contributed by atoms with E-state index in [0.29, 0.717) is 17.9 Å². The van der Waals surface area contributed by atoms with Crippen molar-refractivity contribution in [3.05, 3.63) is 58.2 Å². The van der Waals surface area contributed by atoms with E-state index in [1.807, 2.05) is 6.07 Å². The van der Waals surface area contributed by atoms with Crippen LogP contribution >= 0.6 is 15.9 Å². The van der Waals surface area contributed by atoms with Crippen molar-refractivity contribution in [1.82, 2.24) is 4.98 Å². The number of hydrogen-bond acceptors (Lipinski definition) is 2. The summed E-state index contributed by atoms with van der Waals surface area (Å²) in [6.45, 7) is 0.290. The number of aromatic nitrogens is 1. The minimum absolute atomic E-state index is 0.290. The van der Waals surface area contributed by atoms with Crippen LogP contribution in [0, 0.1) is 0 Å².